The van der Waals surface area contributed by atoms with Crippen LogP contribution in [0.2, 0.25) is 0 Å². The zero-order chi connectivity index (χ0) is 23.2. The normalized spacial score (nSPS) is 20.6. The maximum atomic E-state index is 12.0. The fraction of sp³-hybridized carbons (Fsp3) is 0.368. The molecule has 0 radical (unpaired) electrons. The fourth-order valence-corrected chi connectivity index (χ4v) is 4.37. The SMILES string of the molecule is COc1c2c(cc3c1[C@H](Cc1c([NH+]([O-])O)cc([NH+]([O-])O)cc1[NH+]([O-])O)N(C)CC3)OCO2. The van der Waals surface area contributed by atoms with Gasteiger partial charge in [-0.15, -0.1) is 0 Å². The van der Waals surface area contributed by atoms with Crippen molar-refractivity contribution in [1.29, 1.82) is 0 Å². The lowest BCUT2D eigenvalue weighted by Crippen LogP contribution is -3.03. The Balaban J connectivity index is 1.87. The average molecular weight is 452 g/mol. The van der Waals surface area contributed by atoms with Gasteiger partial charge in [0, 0.05) is 24.6 Å². The zero-order valence-electron chi connectivity index (χ0n) is 17.4. The molecule has 2 aliphatic rings. The lowest BCUT2D eigenvalue weighted by molar-refractivity contribution is -1.00. The summed E-state index contributed by atoms with van der Waals surface area (Å²) in [4.78, 5) is 1.98. The summed E-state index contributed by atoms with van der Waals surface area (Å²) in [6.07, 6.45) is 0.702. The van der Waals surface area contributed by atoms with Gasteiger partial charge in [-0.05, 0) is 25.1 Å². The highest BCUT2D eigenvalue weighted by Crippen LogP contribution is 2.50. The van der Waals surface area contributed by atoms with Crippen molar-refractivity contribution in [1.82, 2.24) is 4.90 Å². The van der Waals surface area contributed by atoms with Crippen LogP contribution in [0.4, 0.5) is 17.1 Å². The number of likely N-dealkylation sites (N-methyl/N-ethyl adjacent to an activating group) is 1. The molecule has 32 heavy (non-hydrogen) atoms. The van der Waals surface area contributed by atoms with Crippen LogP contribution >= 0.6 is 0 Å². The first-order valence-corrected chi connectivity index (χ1v) is 9.79. The Labute approximate surface area is 182 Å². The predicted molar refractivity (Wildman–Crippen MR) is 106 cm³/mol. The van der Waals surface area contributed by atoms with Crippen molar-refractivity contribution in [3.63, 3.8) is 0 Å². The number of rotatable bonds is 6. The van der Waals surface area contributed by atoms with Crippen molar-refractivity contribution in [3.8, 4) is 17.2 Å². The standard InChI is InChI=1S/C19H24N4O9/c1-20-4-3-10-5-16-18(32-9-31-16)19(30-2)17(10)15(20)8-12-13(22(26)27)6-11(21(24)25)7-14(12)23(28)29/h5-7,15,21-24,26,28H,3-4,8-9H2,1-2H3/t15-/m0/s1. The maximum absolute atomic E-state index is 12.0. The van der Waals surface area contributed by atoms with E-state index in [1.54, 1.807) is 0 Å². The van der Waals surface area contributed by atoms with E-state index in [0.29, 0.717) is 30.2 Å². The Kier molecular flexibility index (Phi) is 6.19. The van der Waals surface area contributed by atoms with E-state index in [-0.39, 0.29) is 30.2 Å². The van der Waals surface area contributed by atoms with Crippen molar-refractivity contribution < 1.29 is 45.5 Å². The topological polar surface area (TPSA) is 174 Å². The lowest BCUT2D eigenvalue weighted by atomic mass is 9.86. The predicted octanol–water partition coefficient (Wildman–Crippen LogP) is -1.59. The van der Waals surface area contributed by atoms with Crippen molar-refractivity contribution in [2.24, 2.45) is 0 Å². The minimum atomic E-state index is -1.41. The molecular formula is C19H24N4O9. The molecule has 2 aliphatic heterocycles. The third-order valence-electron chi connectivity index (χ3n) is 5.90. The van der Waals surface area contributed by atoms with E-state index in [1.807, 2.05) is 18.0 Å². The second-order valence-electron chi connectivity index (χ2n) is 7.63. The number of nitrogens with zero attached hydrogens (tertiary/aromatic N) is 1. The molecule has 0 aromatic heterocycles. The minimum absolute atomic E-state index is 0.0165. The Bertz CT molecular complexity index is 986. The number of methoxy groups -OCH3 is 1. The van der Waals surface area contributed by atoms with Crippen LogP contribution in [0, 0.1) is 15.6 Å². The molecule has 0 saturated heterocycles. The molecule has 4 atom stereocenters. The van der Waals surface area contributed by atoms with Crippen LogP contribution in [0.1, 0.15) is 22.7 Å². The molecule has 174 valence electrons. The molecule has 13 nitrogen and oxygen atoms in total. The summed E-state index contributed by atoms with van der Waals surface area (Å²) in [5.74, 6) is 1.47. The van der Waals surface area contributed by atoms with Crippen LogP contribution in [0.3, 0.4) is 0 Å². The Morgan fingerprint density at radius 2 is 1.72 bits per heavy atom. The Morgan fingerprint density at radius 3 is 2.28 bits per heavy atom. The number of quaternary nitrogens is 3. The molecule has 2 heterocycles. The second-order valence-corrected chi connectivity index (χ2v) is 7.63. The third kappa shape index (κ3) is 3.87. The molecule has 0 bridgehead atoms. The highest BCUT2D eigenvalue weighted by Gasteiger charge is 2.36. The smallest absolute Gasteiger partial charge is 0.231 e. The van der Waals surface area contributed by atoms with Gasteiger partial charge in [0.25, 0.3) is 0 Å². The summed E-state index contributed by atoms with van der Waals surface area (Å²) in [7, 11) is 3.35. The van der Waals surface area contributed by atoms with Crippen LogP contribution in [-0.4, -0.2) is 48.0 Å². The van der Waals surface area contributed by atoms with Crippen molar-refractivity contribution in [3.05, 3.63) is 50.5 Å². The first-order valence-electron chi connectivity index (χ1n) is 9.79. The van der Waals surface area contributed by atoms with Crippen LogP contribution in [-0.2, 0) is 12.8 Å². The van der Waals surface area contributed by atoms with E-state index in [0.717, 1.165) is 23.3 Å². The molecule has 3 unspecified atom stereocenters. The summed E-state index contributed by atoms with van der Waals surface area (Å²) in [5.41, 5.74) is 0.622. The van der Waals surface area contributed by atoms with Gasteiger partial charge in [0.05, 0.1) is 24.8 Å². The van der Waals surface area contributed by atoms with E-state index in [4.69, 9.17) is 14.2 Å². The molecule has 2 aromatic carbocycles. The highest BCUT2D eigenvalue weighted by molar-refractivity contribution is 5.64. The summed E-state index contributed by atoms with van der Waals surface area (Å²) in [6.45, 7) is 0.691. The van der Waals surface area contributed by atoms with E-state index < -0.39 is 27.4 Å². The minimum Gasteiger partial charge on any atom is -0.595 e. The van der Waals surface area contributed by atoms with Crippen molar-refractivity contribution in [2.45, 2.75) is 18.9 Å². The highest BCUT2D eigenvalue weighted by atomic mass is 16.8. The third-order valence-corrected chi connectivity index (χ3v) is 5.90. The van der Waals surface area contributed by atoms with Gasteiger partial charge in [0.2, 0.25) is 12.5 Å². The fourth-order valence-electron chi connectivity index (χ4n) is 4.37. The van der Waals surface area contributed by atoms with Gasteiger partial charge in [-0.25, -0.2) is 15.6 Å². The van der Waals surface area contributed by atoms with Crippen molar-refractivity contribution in [2.75, 3.05) is 27.5 Å². The van der Waals surface area contributed by atoms with Crippen molar-refractivity contribution >= 4 is 17.1 Å². The molecule has 0 spiro atoms. The zero-order valence-corrected chi connectivity index (χ0v) is 17.4. The summed E-state index contributed by atoms with van der Waals surface area (Å²) in [5, 5.41) is 59.9. The molecule has 0 saturated carbocycles. The number of hydrogen-bond donors (Lipinski definition) is 6. The second kappa shape index (κ2) is 8.76. The number of ether oxygens (including phenoxy) is 3. The molecular weight excluding hydrogens is 428 g/mol. The van der Waals surface area contributed by atoms with Gasteiger partial charge in [-0.3, -0.25) is 4.90 Å². The molecule has 6 N–H and O–H groups in total. The first kappa shape index (κ1) is 22.6. The molecule has 0 aliphatic carbocycles. The lowest BCUT2D eigenvalue weighted by Gasteiger charge is -2.36. The van der Waals surface area contributed by atoms with E-state index in [9.17, 15) is 31.2 Å². The van der Waals surface area contributed by atoms with Crippen LogP contribution < -0.4 is 29.9 Å². The van der Waals surface area contributed by atoms with Crippen LogP contribution in [0.5, 0.6) is 17.2 Å². The molecule has 0 amide bonds. The summed E-state index contributed by atoms with van der Waals surface area (Å²) >= 11 is 0. The van der Waals surface area contributed by atoms with Gasteiger partial charge in [-0.2, -0.15) is 15.7 Å². The number of fused-ring (bicyclic) bond motifs is 2. The Morgan fingerprint density at radius 1 is 1.06 bits per heavy atom. The van der Waals surface area contributed by atoms with Gasteiger partial charge >= 0.3 is 0 Å². The largest absolute Gasteiger partial charge is 0.595 e. The quantitative estimate of drug-likeness (QED) is 0.280. The summed E-state index contributed by atoms with van der Waals surface area (Å²) in [6, 6.07) is 3.42. The van der Waals surface area contributed by atoms with E-state index in [1.165, 1.54) is 7.11 Å². The summed E-state index contributed by atoms with van der Waals surface area (Å²) < 4.78 is 16.7. The Hall–Kier alpha value is -2.56. The van der Waals surface area contributed by atoms with Crippen LogP contribution in [0.25, 0.3) is 0 Å². The molecule has 13 heteroatoms. The molecule has 0 fully saturated rings. The average Bonchev–Trinajstić information content (AvgIpc) is 3.21. The number of hydrogen-bond acceptors (Lipinski definition) is 10. The number of benzene rings is 2. The van der Waals surface area contributed by atoms with Crippen LogP contribution in [0.15, 0.2) is 18.2 Å². The van der Waals surface area contributed by atoms with Gasteiger partial charge in [-0.1, -0.05) is 0 Å². The van der Waals surface area contributed by atoms with Gasteiger partial charge < -0.3 is 29.8 Å². The first-order chi connectivity index (χ1) is 15.2. The van der Waals surface area contributed by atoms with E-state index >= 15 is 0 Å². The van der Waals surface area contributed by atoms with Gasteiger partial charge in [0.15, 0.2) is 28.6 Å². The molecule has 2 aromatic rings. The van der Waals surface area contributed by atoms with Gasteiger partial charge in [0.1, 0.15) is 0 Å². The van der Waals surface area contributed by atoms with E-state index in [2.05, 4.69) is 0 Å². The molecule has 4 rings (SSSR count). The monoisotopic (exact) mass is 452 g/mol. The maximum Gasteiger partial charge on any atom is 0.231 e. The number of nitrogens with one attached hydrogen (secondary N) is 3.